The number of rotatable bonds is 2. The van der Waals surface area contributed by atoms with Gasteiger partial charge < -0.3 is 5.73 Å². The zero-order chi connectivity index (χ0) is 11.7. The lowest BCUT2D eigenvalue weighted by Gasteiger charge is -2.05. The smallest absolute Gasteiger partial charge is 0.148 e. The fraction of sp³-hybridized carbons (Fsp3) is 0.182. The van der Waals surface area contributed by atoms with E-state index >= 15 is 0 Å². The maximum atomic E-state index is 6.11. The van der Waals surface area contributed by atoms with Crippen molar-refractivity contribution in [2.75, 3.05) is 5.73 Å². The second-order valence-corrected chi connectivity index (χ2v) is 4.39. The third-order valence-corrected chi connectivity index (χ3v) is 3.36. The molecule has 0 atom stereocenters. The summed E-state index contributed by atoms with van der Waals surface area (Å²) >= 11 is 12.1. The van der Waals surface area contributed by atoms with Crippen molar-refractivity contribution in [3.05, 3.63) is 45.1 Å². The molecule has 0 aliphatic heterocycles. The van der Waals surface area contributed by atoms with Crippen LogP contribution in [0.3, 0.4) is 0 Å². The summed E-state index contributed by atoms with van der Waals surface area (Å²) in [5.41, 5.74) is 8.62. The molecule has 2 rings (SSSR count). The number of nitrogens with two attached hydrogens (primary N) is 1. The van der Waals surface area contributed by atoms with E-state index in [1.807, 2.05) is 19.1 Å². The summed E-state index contributed by atoms with van der Waals surface area (Å²) in [4.78, 5) is 0. The summed E-state index contributed by atoms with van der Waals surface area (Å²) in [5.74, 6) is 0.508. The standard InChI is InChI=1S/C11H11Cl2N3/c1-6-8(11(14)16-15-6)5-7-3-2-4-9(12)10(7)13/h2-4H,5H2,1H3,(H3,14,15,16). The van der Waals surface area contributed by atoms with Crippen molar-refractivity contribution in [2.45, 2.75) is 13.3 Å². The molecule has 16 heavy (non-hydrogen) atoms. The van der Waals surface area contributed by atoms with E-state index in [0.717, 1.165) is 16.8 Å². The average molecular weight is 256 g/mol. The van der Waals surface area contributed by atoms with E-state index in [2.05, 4.69) is 10.2 Å². The van der Waals surface area contributed by atoms with Gasteiger partial charge in [-0.15, -0.1) is 0 Å². The minimum atomic E-state index is 0.508. The Morgan fingerprint density at radius 1 is 1.38 bits per heavy atom. The molecule has 0 spiro atoms. The maximum Gasteiger partial charge on any atom is 0.148 e. The van der Waals surface area contributed by atoms with Crippen molar-refractivity contribution >= 4 is 29.0 Å². The zero-order valence-electron chi connectivity index (χ0n) is 8.72. The van der Waals surface area contributed by atoms with Crippen molar-refractivity contribution in [3.63, 3.8) is 0 Å². The lowest BCUT2D eigenvalue weighted by molar-refractivity contribution is 1.04. The molecule has 0 unspecified atom stereocenters. The molecule has 2 aromatic rings. The van der Waals surface area contributed by atoms with Crippen LogP contribution < -0.4 is 5.73 Å². The molecule has 3 N–H and O–H groups in total. The van der Waals surface area contributed by atoms with Gasteiger partial charge in [0.25, 0.3) is 0 Å². The molecule has 1 aromatic carbocycles. The van der Waals surface area contributed by atoms with Crippen molar-refractivity contribution < 1.29 is 0 Å². The van der Waals surface area contributed by atoms with Crippen LogP contribution in [0.25, 0.3) is 0 Å². The maximum absolute atomic E-state index is 6.11. The average Bonchev–Trinajstić information content (AvgIpc) is 2.56. The van der Waals surface area contributed by atoms with Crippen molar-refractivity contribution in [1.82, 2.24) is 10.2 Å². The fourth-order valence-corrected chi connectivity index (χ4v) is 1.96. The molecule has 1 heterocycles. The number of anilines is 1. The lowest BCUT2D eigenvalue weighted by atomic mass is 10.1. The second-order valence-electron chi connectivity index (χ2n) is 3.60. The fourth-order valence-electron chi connectivity index (χ4n) is 1.57. The van der Waals surface area contributed by atoms with Gasteiger partial charge in [-0.1, -0.05) is 35.3 Å². The Hall–Kier alpha value is -1.19. The highest BCUT2D eigenvalue weighted by atomic mass is 35.5. The predicted octanol–water partition coefficient (Wildman–Crippen LogP) is 3.20. The normalized spacial score (nSPS) is 10.7. The van der Waals surface area contributed by atoms with Gasteiger partial charge in [0, 0.05) is 17.7 Å². The van der Waals surface area contributed by atoms with Gasteiger partial charge in [-0.05, 0) is 18.6 Å². The summed E-state index contributed by atoms with van der Waals surface area (Å²) in [5, 5.41) is 7.91. The van der Waals surface area contributed by atoms with Crippen LogP contribution >= 0.6 is 23.2 Å². The predicted molar refractivity (Wildman–Crippen MR) is 67.0 cm³/mol. The van der Waals surface area contributed by atoms with Gasteiger partial charge in [0.2, 0.25) is 0 Å². The summed E-state index contributed by atoms with van der Waals surface area (Å²) in [6.07, 6.45) is 0.632. The van der Waals surface area contributed by atoms with E-state index < -0.39 is 0 Å². The third-order valence-electron chi connectivity index (χ3n) is 2.50. The van der Waals surface area contributed by atoms with Gasteiger partial charge in [-0.25, -0.2) is 0 Å². The summed E-state index contributed by atoms with van der Waals surface area (Å²) in [6, 6.07) is 5.56. The molecule has 5 heteroatoms. The van der Waals surface area contributed by atoms with Gasteiger partial charge in [-0.3, -0.25) is 5.10 Å². The second kappa shape index (κ2) is 4.36. The van der Waals surface area contributed by atoms with Crippen molar-refractivity contribution in [2.24, 2.45) is 0 Å². The number of nitrogens with one attached hydrogen (secondary N) is 1. The quantitative estimate of drug-likeness (QED) is 0.866. The number of aromatic nitrogens is 2. The molecule has 0 saturated heterocycles. The number of aryl methyl sites for hydroxylation is 1. The monoisotopic (exact) mass is 255 g/mol. The Kier molecular flexibility index (Phi) is 3.08. The van der Waals surface area contributed by atoms with Gasteiger partial charge >= 0.3 is 0 Å². The minimum Gasteiger partial charge on any atom is -0.382 e. The first-order chi connectivity index (χ1) is 7.59. The number of nitrogen functional groups attached to an aromatic ring is 1. The Labute approximate surface area is 104 Å². The number of benzene rings is 1. The number of nitrogens with zero attached hydrogens (tertiary/aromatic N) is 1. The Bertz CT molecular complexity index is 500. The van der Waals surface area contributed by atoms with Gasteiger partial charge in [-0.2, -0.15) is 5.10 Å². The topological polar surface area (TPSA) is 54.7 Å². The first-order valence-corrected chi connectivity index (χ1v) is 5.57. The molecule has 3 nitrogen and oxygen atoms in total. The van der Waals surface area contributed by atoms with Crippen molar-refractivity contribution in [1.29, 1.82) is 0 Å². The molecular formula is C11H11Cl2N3. The van der Waals surface area contributed by atoms with E-state index in [0.29, 0.717) is 22.3 Å². The molecule has 84 valence electrons. The largest absolute Gasteiger partial charge is 0.382 e. The highest BCUT2D eigenvalue weighted by molar-refractivity contribution is 6.42. The van der Waals surface area contributed by atoms with Crippen molar-refractivity contribution in [3.8, 4) is 0 Å². The SMILES string of the molecule is Cc1[nH]nc(N)c1Cc1cccc(Cl)c1Cl. The van der Waals surface area contributed by atoms with Crippen LogP contribution in [-0.4, -0.2) is 10.2 Å². The molecule has 0 fully saturated rings. The molecule has 0 radical (unpaired) electrons. The highest BCUT2D eigenvalue weighted by Crippen LogP contribution is 2.28. The minimum absolute atomic E-state index is 0.508. The summed E-state index contributed by atoms with van der Waals surface area (Å²) in [6.45, 7) is 1.93. The van der Waals surface area contributed by atoms with E-state index in [1.54, 1.807) is 6.07 Å². The molecule has 0 amide bonds. The lowest BCUT2D eigenvalue weighted by Crippen LogP contribution is -1.95. The molecule has 0 bridgehead atoms. The van der Waals surface area contributed by atoms with Crippen LogP contribution in [0, 0.1) is 6.92 Å². The van der Waals surface area contributed by atoms with E-state index in [-0.39, 0.29) is 0 Å². The zero-order valence-corrected chi connectivity index (χ0v) is 10.2. The highest BCUT2D eigenvalue weighted by Gasteiger charge is 2.11. The van der Waals surface area contributed by atoms with Crippen LogP contribution in [0.2, 0.25) is 10.0 Å². The Balaban J connectivity index is 2.38. The molecular weight excluding hydrogens is 245 g/mol. The van der Waals surface area contributed by atoms with E-state index in [1.165, 1.54) is 0 Å². The molecule has 0 aliphatic carbocycles. The molecule has 0 saturated carbocycles. The van der Waals surface area contributed by atoms with E-state index in [9.17, 15) is 0 Å². The Morgan fingerprint density at radius 3 is 2.75 bits per heavy atom. The molecule has 0 aliphatic rings. The first kappa shape index (κ1) is 11.3. The van der Waals surface area contributed by atoms with Gasteiger partial charge in [0.1, 0.15) is 5.82 Å². The van der Waals surface area contributed by atoms with Crippen LogP contribution in [0.15, 0.2) is 18.2 Å². The Morgan fingerprint density at radius 2 is 2.12 bits per heavy atom. The number of aromatic amines is 1. The number of halogens is 2. The number of hydrogen-bond acceptors (Lipinski definition) is 2. The van der Waals surface area contributed by atoms with Crippen LogP contribution in [0.1, 0.15) is 16.8 Å². The van der Waals surface area contributed by atoms with Gasteiger partial charge in [0.05, 0.1) is 10.0 Å². The van der Waals surface area contributed by atoms with Crippen LogP contribution in [0.4, 0.5) is 5.82 Å². The van der Waals surface area contributed by atoms with Crippen LogP contribution in [0.5, 0.6) is 0 Å². The van der Waals surface area contributed by atoms with E-state index in [4.69, 9.17) is 28.9 Å². The summed E-state index contributed by atoms with van der Waals surface area (Å²) in [7, 11) is 0. The summed E-state index contributed by atoms with van der Waals surface area (Å²) < 4.78 is 0. The first-order valence-electron chi connectivity index (χ1n) is 4.81. The van der Waals surface area contributed by atoms with Crippen LogP contribution in [-0.2, 0) is 6.42 Å². The molecule has 1 aromatic heterocycles. The van der Waals surface area contributed by atoms with Gasteiger partial charge in [0.15, 0.2) is 0 Å². The third kappa shape index (κ3) is 2.01. The number of H-pyrrole nitrogens is 1. The number of hydrogen-bond donors (Lipinski definition) is 2.